The molecule has 3 aromatic rings. The van der Waals surface area contributed by atoms with E-state index < -0.39 is 9.84 Å². The van der Waals surface area contributed by atoms with Crippen LogP contribution in [-0.2, 0) is 14.6 Å². The lowest BCUT2D eigenvalue weighted by atomic mass is 10.1. The number of carbonyl (C=O) groups excluding carboxylic acids is 1. The lowest BCUT2D eigenvalue weighted by Crippen LogP contribution is -2.37. The number of aliphatic imine (C=N–C) groups is 1. The van der Waals surface area contributed by atoms with Gasteiger partial charge in [-0.15, -0.1) is 11.3 Å². The molecule has 0 aliphatic carbocycles. The molecule has 9 heteroatoms. The second-order valence-corrected chi connectivity index (χ2v) is 13.0. The van der Waals surface area contributed by atoms with E-state index >= 15 is 0 Å². The van der Waals surface area contributed by atoms with E-state index in [2.05, 4.69) is 24.0 Å². The van der Waals surface area contributed by atoms with Crippen molar-refractivity contribution in [3.8, 4) is 10.6 Å². The van der Waals surface area contributed by atoms with Crippen LogP contribution in [0.5, 0.6) is 0 Å². The molecule has 0 N–H and O–H groups in total. The van der Waals surface area contributed by atoms with Gasteiger partial charge in [0, 0.05) is 22.4 Å². The van der Waals surface area contributed by atoms with Crippen LogP contribution < -0.4 is 4.90 Å². The number of aromatic nitrogens is 1. The van der Waals surface area contributed by atoms with Crippen molar-refractivity contribution < 1.29 is 13.2 Å². The number of amidine groups is 1. The number of aryl methyl sites for hydroxylation is 1. The third-order valence-electron chi connectivity index (χ3n) is 5.70. The predicted molar refractivity (Wildman–Crippen MR) is 133 cm³/mol. The molecule has 6 nitrogen and oxygen atoms in total. The molecular weight excluding hydrogens is 462 g/mol. The summed E-state index contributed by atoms with van der Waals surface area (Å²) >= 11 is 3.06. The highest BCUT2D eigenvalue weighted by Crippen LogP contribution is 2.41. The molecule has 5 rings (SSSR count). The summed E-state index contributed by atoms with van der Waals surface area (Å²) in [5, 5.41) is 1.43. The van der Waals surface area contributed by atoms with Gasteiger partial charge in [0.25, 0.3) is 5.91 Å². The van der Waals surface area contributed by atoms with Gasteiger partial charge in [0.15, 0.2) is 15.0 Å². The van der Waals surface area contributed by atoms with E-state index in [0.717, 1.165) is 26.5 Å². The van der Waals surface area contributed by atoms with Crippen molar-refractivity contribution in [1.82, 2.24) is 4.98 Å². The summed E-state index contributed by atoms with van der Waals surface area (Å²) in [6.45, 7) is 5.70. The van der Waals surface area contributed by atoms with E-state index in [4.69, 9.17) is 4.98 Å². The molecule has 3 heterocycles. The number of thiazole rings is 1. The average molecular weight is 486 g/mol. The first kappa shape index (κ1) is 21.6. The van der Waals surface area contributed by atoms with Gasteiger partial charge in [0.2, 0.25) is 0 Å². The van der Waals surface area contributed by atoms with Crippen molar-refractivity contribution in [2.45, 2.75) is 32.1 Å². The van der Waals surface area contributed by atoms with Gasteiger partial charge in [-0.2, -0.15) is 4.99 Å². The summed E-state index contributed by atoms with van der Waals surface area (Å²) in [5.41, 5.74) is 4.04. The number of fused-ring (bicyclic) bond motifs is 2. The van der Waals surface area contributed by atoms with Gasteiger partial charge >= 0.3 is 0 Å². The zero-order chi connectivity index (χ0) is 22.6. The SMILES string of the molecule is Cc1ccc2nc(-c3ccc(N4C(=NC(=O)C(C)C)SC5CS(=O)(=O)CC54)cc3)sc2c1. The van der Waals surface area contributed by atoms with Crippen LogP contribution in [-0.4, -0.2) is 47.3 Å². The molecule has 2 fully saturated rings. The number of nitrogens with zero attached hydrogens (tertiary/aromatic N) is 3. The van der Waals surface area contributed by atoms with Crippen LogP contribution in [0.1, 0.15) is 19.4 Å². The maximum atomic E-state index is 12.3. The first-order valence-electron chi connectivity index (χ1n) is 10.5. The molecule has 2 saturated heterocycles. The Morgan fingerprint density at radius 1 is 1.16 bits per heavy atom. The molecule has 166 valence electrons. The third-order valence-corrected chi connectivity index (χ3v) is 9.98. The minimum Gasteiger partial charge on any atom is -0.316 e. The Kier molecular flexibility index (Phi) is 5.38. The van der Waals surface area contributed by atoms with E-state index in [1.807, 2.05) is 49.1 Å². The Labute approximate surface area is 195 Å². The molecule has 0 bridgehead atoms. The Morgan fingerprint density at radius 2 is 1.91 bits per heavy atom. The Hall–Kier alpha value is -2.23. The molecule has 1 amide bonds. The van der Waals surface area contributed by atoms with Crippen LogP contribution in [0.3, 0.4) is 0 Å². The highest BCUT2D eigenvalue weighted by Gasteiger charge is 2.49. The van der Waals surface area contributed by atoms with Crippen LogP contribution in [0, 0.1) is 12.8 Å². The van der Waals surface area contributed by atoms with Crippen LogP contribution in [0.15, 0.2) is 47.5 Å². The van der Waals surface area contributed by atoms with Gasteiger partial charge in [-0.05, 0) is 48.9 Å². The molecule has 32 heavy (non-hydrogen) atoms. The fourth-order valence-electron chi connectivity index (χ4n) is 4.01. The molecule has 2 aliphatic rings. The second kappa shape index (κ2) is 7.97. The molecule has 1 aromatic heterocycles. The number of anilines is 1. The van der Waals surface area contributed by atoms with Gasteiger partial charge < -0.3 is 4.90 Å². The van der Waals surface area contributed by atoms with Crippen molar-refractivity contribution in [2.75, 3.05) is 16.4 Å². The van der Waals surface area contributed by atoms with Crippen LogP contribution in [0.4, 0.5) is 5.69 Å². The predicted octanol–water partition coefficient (Wildman–Crippen LogP) is 4.53. The van der Waals surface area contributed by atoms with Crippen LogP contribution in [0.25, 0.3) is 20.8 Å². The zero-order valence-electron chi connectivity index (χ0n) is 18.0. The number of sulfone groups is 1. The number of hydrogen-bond acceptors (Lipinski definition) is 6. The molecule has 2 aromatic carbocycles. The number of thioether (sulfide) groups is 1. The molecular formula is C23H23N3O3S3. The minimum absolute atomic E-state index is 0.0819. The van der Waals surface area contributed by atoms with Gasteiger partial charge in [-0.1, -0.05) is 31.7 Å². The van der Waals surface area contributed by atoms with Crippen molar-refractivity contribution in [3.05, 3.63) is 48.0 Å². The number of benzene rings is 2. The molecule has 0 saturated carbocycles. The Balaban J connectivity index is 1.50. The molecule has 0 spiro atoms. The first-order valence-corrected chi connectivity index (χ1v) is 14.0. The third kappa shape index (κ3) is 3.97. The van der Waals surface area contributed by atoms with Crippen molar-refractivity contribution in [1.29, 1.82) is 0 Å². The van der Waals surface area contributed by atoms with Gasteiger partial charge in [0.05, 0.1) is 27.8 Å². The lowest BCUT2D eigenvalue weighted by Gasteiger charge is -2.24. The van der Waals surface area contributed by atoms with Gasteiger partial charge in [0.1, 0.15) is 5.01 Å². The number of amides is 1. The summed E-state index contributed by atoms with van der Waals surface area (Å²) in [7, 11) is -3.09. The monoisotopic (exact) mass is 485 g/mol. The van der Waals surface area contributed by atoms with E-state index in [9.17, 15) is 13.2 Å². The van der Waals surface area contributed by atoms with Crippen LogP contribution in [0.2, 0.25) is 0 Å². The van der Waals surface area contributed by atoms with Crippen molar-refractivity contribution in [2.24, 2.45) is 10.9 Å². The normalized spacial score (nSPS) is 23.4. The summed E-state index contributed by atoms with van der Waals surface area (Å²) in [5.74, 6) is -0.198. The van der Waals surface area contributed by atoms with E-state index in [1.165, 1.54) is 17.3 Å². The lowest BCUT2D eigenvalue weighted by molar-refractivity contribution is -0.120. The van der Waals surface area contributed by atoms with E-state index in [-0.39, 0.29) is 34.6 Å². The first-order chi connectivity index (χ1) is 15.2. The van der Waals surface area contributed by atoms with E-state index in [1.54, 1.807) is 11.3 Å². The number of rotatable bonds is 3. The van der Waals surface area contributed by atoms with E-state index in [0.29, 0.717) is 5.17 Å². The quantitative estimate of drug-likeness (QED) is 0.542. The van der Waals surface area contributed by atoms with Crippen LogP contribution >= 0.6 is 23.1 Å². The second-order valence-electron chi connectivity index (χ2n) is 8.59. The standard InChI is InChI=1S/C23H23N3O3S3/c1-13(2)21(27)25-23-26(18-11-32(28,29)12-20(18)31-23)16-7-5-15(6-8-16)22-24-17-9-4-14(3)10-19(17)30-22/h4-10,13,18,20H,11-12H2,1-3H3. The molecule has 2 atom stereocenters. The largest absolute Gasteiger partial charge is 0.316 e. The van der Waals surface area contributed by atoms with Gasteiger partial charge in [-0.3, -0.25) is 4.79 Å². The number of hydrogen-bond donors (Lipinski definition) is 0. The molecule has 2 aliphatic heterocycles. The molecule has 2 unspecified atom stereocenters. The summed E-state index contributed by atoms with van der Waals surface area (Å²) < 4.78 is 25.7. The Bertz CT molecular complexity index is 1340. The van der Waals surface area contributed by atoms with Crippen molar-refractivity contribution in [3.63, 3.8) is 0 Å². The minimum atomic E-state index is -3.09. The number of carbonyl (C=O) groups is 1. The average Bonchev–Trinajstić information content (AvgIpc) is 3.37. The maximum Gasteiger partial charge on any atom is 0.250 e. The van der Waals surface area contributed by atoms with Crippen molar-refractivity contribution >= 4 is 59.9 Å². The molecule has 0 radical (unpaired) electrons. The Morgan fingerprint density at radius 3 is 2.62 bits per heavy atom. The summed E-state index contributed by atoms with van der Waals surface area (Å²) in [6, 6.07) is 14.0. The summed E-state index contributed by atoms with van der Waals surface area (Å²) in [4.78, 5) is 23.3. The summed E-state index contributed by atoms with van der Waals surface area (Å²) in [6.07, 6.45) is 0. The zero-order valence-corrected chi connectivity index (χ0v) is 20.4. The highest BCUT2D eigenvalue weighted by molar-refractivity contribution is 8.16. The van der Waals surface area contributed by atoms with Gasteiger partial charge in [-0.25, -0.2) is 13.4 Å². The fraction of sp³-hybridized carbons (Fsp3) is 0.348. The maximum absolute atomic E-state index is 12.3. The fourth-order valence-corrected chi connectivity index (χ4v) is 9.00. The topological polar surface area (TPSA) is 79.7 Å². The smallest absolute Gasteiger partial charge is 0.250 e. The highest BCUT2D eigenvalue weighted by atomic mass is 32.2.